The summed E-state index contributed by atoms with van der Waals surface area (Å²) in [4.78, 5) is 0. The molecule has 1 aromatic carbocycles. The van der Waals surface area contributed by atoms with Gasteiger partial charge in [0.25, 0.3) is 0 Å². The summed E-state index contributed by atoms with van der Waals surface area (Å²) in [5.74, 6) is 5.39. The lowest BCUT2D eigenvalue weighted by molar-refractivity contribution is 1.01. The highest BCUT2D eigenvalue weighted by Crippen LogP contribution is 2.13. The van der Waals surface area contributed by atoms with Crippen LogP contribution in [0.25, 0.3) is 0 Å². The molecule has 0 bridgehead atoms. The van der Waals surface area contributed by atoms with Crippen LogP contribution >= 0.6 is 0 Å². The molecule has 0 aliphatic heterocycles. The zero-order valence-corrected chi connectivity index (χ0v) is 7.04. The van der Waals surface area contributed by atoms with Crippen molar-refractivity contribution in [3.05, 3.63) is 35.4 Å². The number of terminal acetylenes is 2. The zero-order valence-electron chi connectivity index (χ0n) is 7.04. The predicted octanol–water partition coefficient (Wildman–Crippen LogP) is 2.40. The molecule has 0 heterocycles. The Morgan fingerprint density at radius 3 is 2.17 bits per heavy atom. The van der Waals surface area contributed by atoms with Crippen LogP contribution in [0, 0.1) is 24.7 Å². The van der Waals surface area contributed by atoms with Crippen molar-refractivity contribution in [2.24, 2.45) is 0 Å². The van der Waals surface area contributed by atoms with Crippen molar-refractivity contribution in [2.45, 2.75) is 12.8 Å². The van der Waals surface area contributed by atoms with Gasteiger partial charge in [-0.1, -0.05) is 24.0 Å². The lowest BCUT2D eigenvalue weighted by Crippen LogP contribution is -1.88. The van der Waals surface area contributed by atoms with E-state index < -0.39 is 0 Å². The molecule has 0 aliphatic rings. The van der Waals surface area contributed by atoms with Gasteiger partial charge in [-0.15, -0.1) is 12.8 Å². The Balaban J connectivity index is 2.96. The molecule has 12 heavy (non-hydrogen) atoms. The van der Waals surface area contributed by atoms with Crippen molar-refractivity contribution >= 4 is 0 Å². The summed E-state index contributed by atoms with van der Waals surface area (Å²) < 4.78 is 0. The van der Waals surface area contributed by atoms with Gasteiger partial charge in [-0.2, -0.15) is 0 Å². The second kappa shape index (κ2) is 3.65. The lowest BCUT2D eigenvalue weighted by Gasteiger charge is -2.02. The van der Waals surface area contributed by atoms with E-state index in [0.29, 0.717) is 0 Å². The van der Waals surface area contributed by atoms with E-state index in [1.54, 1.807) is 0 Å². The molecular weight excluding hydrogens is 144 g/mol. The van der Waals surface area contributed by atoms with E-state index in [0.717, 1.165) is 11.1 Å². The normalized spacial score (nSPS) is 11.2. The summed E-state index contributed by atoms with van der Waals surface area (Å²) in [5, 5.41) is 0. The first kappa shape index (κ1) is 8.44. The van der Waals surface area contributed by atoms with Crippen molar-refractivity contribution in [3.63, 3.8) is 0 Å². The smallest absolute Gasteiger partial charge is 0.0421 e. The van der Waals surface area contributed by atoms with Gasteiger partial charge < -0.3 is 0 Å². The second-order valence-electron chi connectivity index (χ2n) is 2.65. The SMILES string of the molecule is C#Cc1ccc(C(C)C#C)cc1. The summed E-state index contributed by atoms with van der Waals surface area (Å²) >= 11 is 0. The van der Waals surface area contributed by atoms with Crippen molar-refractivity contribution in [3.8, 4) is 24.7 Å². The minimum atomic E-state index is 0.164. The molecule has 1 rings (SSSR count). The highest BCUT2D eigenvalue weighted by molar-refractivity contribution is 5.36. The third-order valence-electron chi connectivity index (χ3n) is 1.83. The molecule has 0 heteroatoms. The van der Waals surface area contributed by atoms with Gasteiger partial charge >= 0.3 is 0 Å². The van der Waals surface area contributed by atoms with Crippen LogP contribution in [0.3, 0.4) is 0 Å². The lowest BCUT2D eigenvalue weighted by atomic mass is 10.0. The van der Waals surface area contributed by atoms with Crippen LogP contribution in [0.4, 0.5) is 0 Å². The predicted molar refractivity (Wildman–Crippen MR) is 51.6 cm³/mol. The van der Waals surface area contributed by atoms with E-state index in [9.17, 15) is 0 Å². The Bertz CT molecular complexity index is 330. The maximum atomic E-state index is 5.28. The van der Waals surface area contributed by atoms with Gasteiger partial charge in [0.15, 0.2) is 0 Å². The molecule has 0 radical (unpaired) electrons. The van der Waals surface area contributed by atoms with Crippen LogP contribution in [0.1, 0.15) is 24.0 Å². The van der Waals surface area contributed by atoms with Crippen molar-refractivity contribution < 1.29 is 0 Å². The standard InChI is InChI=1S/C12H10/c1-4-10(3)12-8-6-11(5-2)7-9-12/h1-2,6-10H,3H3. The number of hydrogen-bond donors (Lipinski definition) is 0. The topological polar surface area (TPSA) is 0 Å². The zero-order chi connectivity index (χ0) is 8.97. The minimum Gasteiger partial charge on any atom is -0.119 e. The van der Waals surface area contributed by atoms with E-state index in [2.05, 4.69) is 11.8 Å². The van der Waals surface area contributed by atoms with E-state index in [-0.39, 0.29) is 5.92 Å². The van der Waals surface area contributed by atoms with E-state index in [4.69, 9.17) is 12.8 Å². The molecule has 0 saturated heterocycles. The fraction of sp³-hybridized carbons (Fsp3) is 0.167. The maximum absolute atomic E-state index is 5.28. The van der Waals surface area contributed by atoms with E-state index in [1.165, 1.54) is 0 Å². The van der Waals surface area contributed by atoms with Gasteiger partial charge in [0.05, 0.1) is 0 Å². The molecule has 0 spiro atoms. The molecule has 0 aliphatic carbocycles. The fourth-order valence-electron chi connectivity index (χ4n) is 0.964. The molecular formula is C12H10. The van der Waals surface area contributed by atoms with Crippen LogP contribution in [0.15, 0.2) is 24.3 Å². The monoisotopic (exact) mass is 154 g/mol. The molecule has 0 saturated carbocycles. The molecule has 0 amide bonds. The minimum absolute atomic E-state index is 0.164. The van der Waals surface area contributed by atoms with Gasteiger partial charge in [-0.05, 0) is 24.6 Å². The summed E-state index contributed by atoms with van der Waals surface area (Å²) in [5.41, 5.74) is 2.03. The summed E-state index contributed by atoms with van der Waals surface area (Å²) in [6.45, 7) is 1.99. The number of hydrogen-bond acceptors (Lipinski definition) is 0. The molecule has 58 valence electrons. The maximum Gasteiger partial charge on any atom is 0.0421 e. The highest BCUT2D eigenvalue weighted by atomic mass is 14.0. The Morgan fingerprint density at radius 2 is 1.75 bits per heavy atom. The highest BCUT2D eigenvalue weighted by Gasteiger charge is 1.99. The first-order chi connectivity index (χ1) is 5.77. The molecule has 1 unspecified atom stereocenters. The average Bonchev–Trinajstić information content (AvgIpc) is 2.17. The van der Waals surface area contributed by atoms with Crippen LogP contribution in [-0.2, 0) is 0 Å². The van der Waals surface area contributed by atoms with Crippen LogP contribution in [0.5, 0.6) is 0 Å². The van der Waals surface area contributed by atoms with Crippen LogP contribution < -0.4 is 0 Å². The third kappa shape index (κ3) is 1.68. The van der Waals surface area contributed by atoms with Gasteiger partial charge in [0.1, 0.15) is 0 Å². The van der Waals surface area contributed by atoms with Crippen LogP contribution in [-0.4, -0.2) is 0 Å². The molecule has 1 aromatic rings. The summed E-state index contributed by atoms with van der Waals surface area (Å²) in [7, 11) is 0. The summed E-state index contributed by atoms with van der Waals surface area (Å²) in [6, 6.07) is 7.76. The Kier molecular flexibility index (Phi) is 2.57. The van der Waals surface area contributed by atoms with Crippen molar-refractivity contribution in [1.29, 1.82) is 0 Å². The average molecular weight is 154 g/mol. The quantitative estimate of drug-likeness (QED) is 0.545. The molecule has 1 atom stereocenters. The Morgan fingerprint density at radius 1 is 1.17 bits per heavy atom. The second-order valence-corrected chi connectivity index (χ2v) is 2.65. The van der Waals surface area contributed by atoms with Gasteiger partial charge in [0.2, 0.25) is 0 Å². The molecule has 0 fully saturated rings. The molecule has 0 N–H and O–H groups in total. The Hall–Kier alpha value is -1.66. The van der Waals surface area contributed by atoms with Crippen molar-refractivity contribution in [2.75, 3.05) is 0 Å². The fourth-order valence-corrected chi connectivity index (χ4v) is 0.964. The first-order valence-corrected chi connectivity index (χ1v) is 3.80. The van der Waals surface area contributed by atoms with E-state index >= 15 is 0 Å². The molecule has 0 nitrogen and oxygen atoms in total. The largest absolute Gasteiger partial charge is 0.119 e. The van der Waals surface area contributed by atoms with Gasteiger partial charge in [-0.3, -0.25) is 0 Å². The van der Waals surface area contributed by atoms with Gasteiger partial charge in [0, 0.05) is 11.5 Å². The molecule has 0 aromatic heterocycles. The third-order valence-corrected chi connectivity index (χ3v) is 1.83. The number of rotatable bonds is 1. The first-order valence-electron chi connectivity index (χ1n) is 3.80. The van der Waals surface area contributed by atoms with E-state index in [1.807, 2.05) is 31.2 Å². The van der Waals surface area contributed by atoms with Gasteiger partial charge in [-0.25, -0.2) is 0 Å². The van der Waals surface area contributed by atoms with Crippen molar-refractivity contribution in [1.82, 2.24) is 0 Å². The summed E-state index contributed by atoms with van der Waals surface area (Å²) in [6.07, 6.45) is 10.5. The Labute approximate surface area is 73.6 Å². The van der Waals surface area contributed by atoms with Crippen LogP contribution in [0.2, 0.25) is 0 Å². The number of benzene rings is 1.